The number of aryl methyl sites for hydroxylation is 2. The molecule has 2 N–H and O–H groups in total. The summed E-state index contributed by atoms with van der Waals surface area (Å²) in [7, 11) is 1.85. The number of aromatic nitrogens is 2. The van der Waals surface area contributed by atoms with Gasteiger partial charge in [0.1, 0.15) is 0 Å². The molecule has 0 spiro atoms. The number of hydrogen-bond donors (Lipinski definition) is 1. The minimum Gasteiger partial charge on any atom is -0.369 e. The number of likely N-dealkylation sites (tertiary alicyclic amines) is 1. The topological polar surface area (TPSA) is 81.2 Å². The maximum absolute atomic E-state index is 13.4. The Morgan fingerprint density at radius 1 is 1.22 bits per heavy atom. The summed E-state index contributed by atoms with van der Waals surface area (Å²) >= 11 is 0. The summed E-state index contributed by atoms with van der Waals surface area (Å²) in [5.74, 6) is -0.662. The molecule has 2 heterocycles. The smallest absolute Gasteiger partial charge is 0.228 e. The molecule has 1 saturated heterocycles. The third-order valence-corrected chi connectivity index (χ3v) is 6.29. The van der Waals surface area contributed by atoms with Gasteiger partial charge < -0.3 is 10.6 Å². The first-order chi connectivity index (χ1) is 12.9. The molecule has 0 bridgehead atoms. The van der Waals surface area contributed by atoms with Crippen LogP contribution in [0, 0.1) is 11.3 Å². The summed E-state index contributed by atoms with van der Waals surface area (Å²) in [6.07, 6.45) is 6.17. The van der Waals surface area contributed by atoms with Crippen molar-refractivity contribution in [3.05, 3.63) is 53.3 Å². The van der Waals surface area contributed by atoms with E-state index in [-0.39, 0.29) is 23.7 Å². The minimum atomic E-state index is -0.430. The third kappa shape index (κ3) is 3.13. The molecule has 1 aliphatic heterocycles. The molecule has 4 rings (SSSR count). The summed E-state index contributed by atoms with van der Waals surface area (Å²) in [5, 5.41) is 4.21. The largest absolute Gasteiger partial charge is 0.369 e. The molecule has 1 unspecified atom stereocenters. The van der Waals surface area contributed by atoms with Gasteiger partial charge in [-0.25, -0.2) is 0 Å². The van der Waals surface area contributed by atoms with Crippen LogP contribution in [0.15, 0.2) is 36.7 Å². The first-order valence-corrected chi connectivity index (χ1v) is 9.51. The summed E-state index contributed by atoms with van der Waals surface area (Å²) in [5.41, 5.74) is 8.80. The summed E-state index contributed by atoms with van der Waals surface area (Å²) in [6.45, 7) is 2.97. The van der Waals surface area contributed by atoms with E-state index in [0.29, 0.717) is 13.1 Å². The first-order valence-electron chi connectivity index (χ1n) is 9.51. The molecule has 1 aromatic carbocycles. The van der Waals surface area contributed by atoms with Crippen molar-refractivity contribution < 1.29 is 9.59 Å². The van der Waals surface area contributed by atoms with Gasteiger partial charge in [0.2, 0.25) is 11.8 Å². The number of nitrogens with two attached hydrogens (primary N) is 1. The Hall–Kier alpha value is -2.63. The average molecular weight is 366 g/mol. The Balaban J connectivity index is 1.56. The van der Waals surface area contributed by atoms with Crippen LogP contribution in [-0.4, -0.2) is 39.6 Å². The zero-order valence-corrected chi connectivity index (χ0v) is 15.9. The molecule has 2 amide bonds. The second kappa shape index (κ2) is 6.51. The van der Waals surface area contributed by atoms with Gasteiger partial charge in [0.25, 0.3) is 0 Å². The Kier molecular flexibility index (Phi) is 4.29. The molecule has 6 heteroatoms. The number of carbonyl (C=O) groups is 2. The number of amides is 2. The van der Waals surface area contributed by atoms with Crippen LogP contribution in [-0.2, 0) is 29.5 Å². The van der Waals surface area contributed by atoms with E-state index >= 15 is 0 Å². The fraction of sp³-hybridized carbons (Fsp3) is 0.476. The molecule has 0 radical (unpaired) electrons. The Labute approximate surface area is 159 Å². The van der Waals surface area contributed by atoms with Gasteiger partial charge >= 0.3 is 0 Å². The molecule has 6 nitrogen and oxygen atoms in total. The first kappa shape index (κ1) is 17.8. The maximum Gasteiger partial charge on any atom is 0.228 e. The number of rotatable bonds is 3. The van der Waals surface area contributed by atoms with Crippen molar-refractivity contribution in [1.29, 1.82) is 0 Å². The molecule has 1 fully saturated rings. The van der Waals surface area contributed by atoms with Crippen LogP contribution in [0.5, 0.6) is 0 Å². The number of primary amides is 1. The quantitative estimate of drug-likeness (QED) is 0.897. The molecule has 0 saturated carbocycles. The molecule has 142 valence electrons. The normalized spacial score (nSPS) is 27.4. The Morgan fingerprint density at radius 3 is 2.63 bits per heavy atom. The van der Waals surface area contributed by atoms with E-state index < -0.39 is 5.41 Å². The van der Waals surface area contributed by atoms with Crippen molar-refractivity contribution >= 4 is 11.8 Å². The molecule has 27 heavy (non-hydrogen) atoms. The number of benzene rings is 1. The highest BCUT2D eigenvalue weighted by Crippen LogP contribution is 2.40. The van der Waals surface area contributed by atoms with Crippen molar-refractivity contribution in [2.24, 2.45) is 24.1 Å². The molecule has 2 aliphatic rings. The van der Waals surface area contributed by atoms with Crippen molar-refractivity contribution in [2.45, 2.75) is 32.1 Å². The Morgan fingerprint density at radius 2 is 1.96 bits per heavy atom. The second-order valence-electron chi connectivity index (χ2n) is 8.28. The van der Waals surface area contributed by atoms with Crippen molar-refractivity contribution in [3.8, 4) is 0 Å². The molecule has 3 atom stereocenters. The van der Waals surface area contributed by atoms with Gasteiger partial charge in [-0.15, -0.1) is 0 Å². The zero-order valence-electron chi connectivity index (χ0n) is 15.9. The fourth-order valence-electron chi connectivity index (χ4n) is 4.68. The molecule has 1 aromatic heterocycles. The standard InChI is InChI=1S/C21H26N4O2/c1-21(8-7-14-5-3-4-6-15(14)9-21)20(27)25-12-17(18(13-25)19(22)26)16-10-23-24(2)11-16/h3-6,10-11,17-18H,7-9,12-13H2,1-2H3,(H2,22,26)/t17-,18+,21?/m1/s1. The van der Waals surface area contributed by atoms with E-state index in [1.165, 1.54) is 11.1 Å². The van der Waals surface area contributed by atoms with Crippen LogP contribution in [0.3, 0.4) is 0 Å². The lowest BCUT2D eigenvalue weighted by Crippen LogP contribution is -2.44. The van der Waals surface area contributed by atoms with Crippen molar-refractivity contribution in [1.82, 2.24) is 14.7 Å². The van der Waals surface area contributed by atoms with E-state index in [1.54, 1.807) is 10.9 Å². The van der Waals surface area contributed by atoms with Crippen LogP contribution in [0.2, 0.25) is 0 Å². The highest BCUT2D eigenvalue weighted by atomic mass is 16.2. The second-order valence-corrected chi connectivity index (χ2v) is 8.28. The Bertz CT molecular complexity index is 890. The summed E-state index contributed by atoms with van der Waals surface area (Å²) < 4.78 is 1.72. The van der Waals surface area contributed by atoms with Crippen molar-refractivity contribution in [3.63, 3.8) is 0 Å². The predicted octanol–water partition coefficient (Wildman–Crippen LogP) is 1.64. The molecular weight excluding hydrogens is 340 g/mol. The maximum atomic E-state index is 13.4. The lowest BCUT2D eigenvalue weighted by molar-refractivity contribution is -0.141. The average Bonchev–Trinajstić information content (AvgIpc) is 3.27. The highest BCUT2D eigenvalue weighted by molar-refractivity contribution is 5.86. The van der Waals surface area contributed by atoms with E-state index in [9.17, 15) is 9.59 Å². The SMILES string of the molecule is Cn1cc([C@H]2CN(C(=O)C3(C)CCc4ccccc4C3)C[C@@H]2C(N)=O)cn1. The predicted molar refractivity (Wildman–Crippen MR) is 102 cm³/mol. The molecule has 1 aliphatic carbocycles. The number of hydrogen-bond acceptors (Lipinski definition) is 3. The lowest BCUT2D eigenvalue weighted by atomic mass is 9.72. The van der Waals surface area contributed by atoms with Crippen LogP contribution in [0.4, 0.5) is 0 Å². The zero-order chi connectivity index (χ0) is 19.2. The fourth-order valence-corrected chi connectivity index (χ4v) is 4.68. The lowest BCUT2D eigenvalue weighted by Gasteiger charge is -2.36. The molecular formula is C21H26N4O2. The number of carbonyl (C=O) groups excluding carboxylic acids is 2. The van der Waals surface area contributed by atoms with E-state index in [0.717, 1.165) is 24.8 Å². The molecule has 2 aromatic rings. The minimum absolute atomic E-state index is 0.0837. The van der Waals surface area contributed by atoms with Gasteiger partial charge in [-0.3, -0.25) is 14.3 Å². The van der Waals surface area contributed by atoms with Crippen molar-refractivity contribution in [2.75, 3.05) is 13.1 Å². The number of nitrogens with zero attached hydrogens (tertiary/aromatic N) is 3. The summed E-state index contributed by atoms with van der Waals surface area (Å²) in [6, 6.07) is 8.36. The van der Waals surface area contributed by atoms with Gasteiger partial charge in [-0.1, -0.05) is 31.2 Å². The van der Waals surface area contributed by atoms with Gasteiger partial charge in [-0.05, 0) is 36.0 Å². The monoisotopic (exact) mass is 366 g/mol. The van der Waals surface area contributed by atoms with Gasteiger partial charge in [0.05, 0.1) is 17.5 Å². The van der Waals surface area contributed by atoms with E-state index in [4.69, 9.17) is 5.73 Å². The van der Waals surface area contributed by atoms with Crippen LogP contribution in [0.1, 0.15) is 36.0 Å². The number of fused-ring (bicyclic) bond motifs is 1. The van der Waals surface area contributed by atoms with Gasteiger partial charge in [0, 0.05) is 32.3 Å². The third-order valence-electron chi connectivity index (χ3n) is 6.29. The van der Waals surface area contributed by atoms with Gasteiger partial charge in [0.15, 0.2) is 0 Å². The van der Waals surface area contributed by atoms with E-state index in [2.05, 4.69) is 30.2 Å². The highest BCUT2D eigenvalue weighted by Gasteiger charge is 2.46. The summed E-state index contributed by atoms with van der Waals surface area (Å²) in [4.78, 5) is 27.3. The van der Waals surface area contributed by atoms with E-state index in [1.807, 2.05) is 24.2 Å². The van der Waals surface area contributed by atoms with Gasteiger partial charge in [-0.2, -0.15) is 5.10 Å². The van der Waals surface area contributed by atoms with Crippen LogP contribution >= 0.6 is 0 Å². The van der Waals surface area contributed by atoms with Crippen LogP contribution in [0.25, 0.3) is 0 Å². The van der Waals surface area contributed by atoms with Crippen LogP contribution < -0.4 is 5.73 Å².